The summed E-state index contributed by atoms with van der Waals surface area (Å²) in [7, 11) is 0. The van der Waals surface area contributed by atoms with E-state index in [1.54, 1.807) is 6.20 Å². The van der Waals surface area contributed by atoms with Crippen molar-refractivity contribution in [2.45, 2.75) is 6.92 Å². The maximum absolute atomic E-state index is 11.4. The maximum atomic E-state index is 11.4. The van der Waals surface area contributed by atoms with Gasteiger partial charge in [0.1, 0.15) is 5.69 Å². The average Bonchev–Trinajstić information content (AvgIpc) is 2.62. The number of rotatable bonds is 4. The van der Waals surface area contributed by atoms with Crippen LogP contribution in [0.25, 0.3) is 23.4 Å². The van der Waals surface area contributed by atoms with Crippen LogP contribution in [0, 0.1) is 0 Å². The summed E-state index contributed by atoms with van der Waals surface area (Å²) in [5.74, 6) is 0.278. The molecule has 118 valence electrons. The van der Waals surface area contributed by atoms with Crippen LogP contribution in [0.4, 0.5) is 5.82 Å². The Labute approximate surface area is 140 Å². The van der Waals surface area contributed by atoms with Crippen molar-refractivity contribution < 1.29 is 4.79 Å². The van der Waals surface area contributed by atoms with Gasteiger partial charge in [-0.1, -0.05) is 66.7 Å². The van der Waals surface area contributed by atoms with Crippen LogP contribution in [0.15, 0.2) is 66.9 Å². The summed E-state index contributed by atoms with van der Waals surface area (Å²) in [6.07, 6.45) is 5.48. The second-order valence-electron chi connectivity index (χ2n) is 5.28. The zero-order valence-electron chi connectivity index (χ0n) is 13.3. The van der Waals surface area contributed by atoms with Gasteiger partial charge in [-0.15, -0.1) is 0 Å². The summed E-state index contributed by atoms with van der Waals surface area (Å²) in [5, 5.41) is 2.72. The molecule has 3 aromatic rings. The molecule has 0 aliphatic carbocycles. The zero-order chi connectivity index (χ0) is 16.8. The molecule has 0 saturated carbocycles. The highest BCUT2D eigenvalue weighted by Gasteiger charge is 2.08. The Morgan fingerprint density at radius 1 is 0.958 bits per heavy atom. The Kier molecular flexibility index (Phi) is 4.77. The summed E-state index contributed by atoms with van der Waals surface area (Å²) in [6.45, 7) is 1.46. The minimum absolute atomic E-state index is 0.175. The molecule has 0 aliphatic rings. The molecular weight excluding hydrogens is 298 g/mol. The Morgan fingerprint density at radius 3 is 2.29 bits per heavy atom. The fourth-order valence-corrected chi connectivity index (χ4v) is 2.27. The third kappa shape index (κ3) is 3.93. The first-order valence-electron chi connectivity index (χ1n) is 7.65. The average molecular weight is 315 g/mol. The number of nitrogens with one attached hydrogen (secondary N) is 1. The molecule has 1 heterocycles. The first kappa shape index (κ1) is 15.6. The van der Waals surface area contributed by atoms with Crippen molar-refractivity contribution >= 4 is 23.9 Å². The highest BCUT2D eigenvalue weighted by Crippen LogP contribution is 2.21. The molecule has 0 spiro atoms. The van der Waals surface area contributed by atoms with Gasteiger partial charge in [0.2, 0.25) is 5.91 Å². The number of anilines is 1. The Morgan fingerprint density at radius 2 is 1.62 bits per heavy atom. The quantitative estimate of drug-likeness (QED) is 0.782. The van der Waals surface area contributed by atoms with Crippen molar-refractivity contribution in [2.75, 3.05) is 5.32 Å². The second-order valence-corrected chi connectivity index (χ2v) is 5.28. The van der Waals surface area contributed by atoms with Crippen molar-refractivity contribution in [3.8, 4) is 11.3 Å². The van der Waals surface area contributed by atoms with Gasteiger partial charge in [-0.05, 0) is 11.6 Å². The van der Waals surface area contributed by atoms with Crippen LogP contribution in [0.1, 0.15) is 18.2 Å². The van der Waals surface area contributed by atoms with Gasteiger partial charge >= 0.3 is 0 Å². The van der Waals surface area contributed by atoms with E-state index in [1.807, 2.05) is 72.8 Å². The summed E-state index contributed by atoms with van der Waals surface area (Å²) in [4.78, 5) is 20.4. The molecule has 0 fully saturated rings. The molecule has 2 aromatic carbocycles. The lowest BCUT2D eigenvalue weighted by atomic mass is 10.1. The standard InChI is InChI=1S/C20H17N3O/c1-15(24)22-20-18(13-12-16-8-4-2-5-9-16)23-19(14-21-20)17-10-6-3-7-11-17/h2-14H,1H3,(H,21,22,24)/b13-12+. The van der Waals surface area contributed by atoms with Crippen LogP contribution in [0.3, 0.4) is 0 Å². The van der Waals surface area contributed by atoms with Crippen LogP contribution >= 0.6 is 0 Å². The van der Waals surface area contributed by atoms with E-state index in [9.17, 15) is 4.79 Å². The minimum atomic E-state index is -0.175. The molecule has 0 bridgehead atoms. The molecule has 4 heteroatoms. The molecular formula is C20H17N3O. The molecule has 1 amide bonds. The predicted octanol–water partition coefficient (Wildman–Crippen LogP) is 4.27. The van der Waals surface area contributed by atoms with E-state index in [-0.39, 0.29) is 5.91 Å². The molecule has 1 aromatic heterocycles. The van der Waals surface area contributed by atoms with Crippen molar-refractivity contribution in [1.29, 1.82) is 0 Å². The van der Waals surface area contributed by atoms with Crippen LogP contribution in [0.5, 0.6) is 0 Å². The molecule has 1 N–H and O–H groups in total. The lowest BCUT2D eigenvalue weighted by Gasteiger charge is -2.08. The number of nitrogens with zero attached hydrogens (tertiary/aromatic N) is 2. The molecule has 0 atom stereocenters. The fourth-order valence-electron chi connectivity index (χ4n) is 2.27. The smallest absolute Gasteiger partial charge is 0.222 e. The Balaban J connectivity index is 1.99. The van der Waals surface area contributed by atoms with E-state index in [2.05, 4.69) is 15.3 Å². The lowest BCUT2D eigenvalue weighted by Crippen LogP contribution is -2.10. The normalized spacial score (nSPS) is 10.7. The van der Waals surface area contributed by atoms with E-state index < -0.39 is 0 Å². The summed E-state index contributed by atoms with van der Waals surface area (Å²) < 4.78 is 0. The molecule has 4 nitrogen and oxygen atoms in total. The van der Waals surface area contributed by atoms with Crippen LogP contribution in [-0.2, 0) is 4.79 Å². The van der Waals surface area contributed by atoms with Crippen molar-refractivity contribution in [2.24, 2.45) is 0 Å². The molecule has 3 rings (SSSR count). The summed E-state index contributed by atoms with van der Waals surface area (Å²) in [5.41, 5.74) is 3.42. The van der Waals surface area contributed by atoms with E-state index in [0.717, 1.165) is 16.8 Å². The monoisotopic (exact) mass is 315 g/mol. The van der Waals surface area contributed by atoms with Crippen LogP contribution < -0.4 is 5.32 Å². The Hall–Kier alpha value is -3.27. The molecule has 0 unspecified atom stereocenters. The van der Waals surface area contributed by atoms with E-state index in [0.29, 0.717) is 11.5 Å². The highest BCUT2D eigenvalue weighted by atomic mass is 16.1. The number of benzene rings is 2. The van der Waals surface area contributed by atoms with Gasteiger partial charge in [0.15, 0.2) is 5.82 Å². The lowest BCUT2D eigenvalue weighted by molar-refractivity contribution is -0.114. The summed E-state index contributed by atoms with van der Waals surface area (Å²) in [6, 6.07) is 19.7. The van der Waals surface area contributed by atoms with Gasteiger partial charge in [0.25, 0.3) is 0 Å². The number of amides is 1. The van der Waals surface area contributed by atoms with Gasteiger partial charge in [0.05, 0.1) is 11.9 Å². The zero-order valence-corrected chi connectivity index (χ0v) is 13.3. The highest BCUT2D eigenvalue weighted by molar-refractivity contribution is 5.90. The fraction of sp³-hybridized carbons (Fsp3) is 0.0500. The molecule has 0 radical (unpaired) electrons. The molecule has 0 aliphatic heterocycles. The largest absolute Gasteiger partial charge is 0.309 e. The number of carbonyl (C=O) groups excluding carboxylic acids is 1. The predicted molar refractivity (Wildman–Crippen MR) is 97.1 cm³/mol. The van der Waals surface area contributed by atoms with E-state index in [4.69, 9.17) is 0 Å². The second kappa shape index (κ2) is 7.33. The van der Waals surface area contributed by atoms with Crippen molar-refractivity contribution in [1.82, 2.24) is 9.97 Å². The minimum Gasteiger partial charge on any atom is -0.309 e. The topological polar surface area (TPSA) is 54.9 Å². The van der Waals surface area contributed by atoms with Gasteiger partial charge in [-0.3, -0.25) is 4.79 Å². The van der Waals surface area contributed by atoms with E-state index in [1.165, 1.54) is 6.92 Å². The number of aromatic nitrogens is 2. The van der Waals surface area contributed by atoms with Gasteiger partial charge < -0.3 is 5.32 Å². The first-order valence-corrected chi connectivity index (χ1v) is 7.65. The maximum Gasteiger partial charge on any atom is 0.222 e. The molecule has 24 heavy (non-hydrogen) atoms. The third-order valence-corrected chi connectivity index (χ3v) is 3.40. The van der Waals surface area contributed by atoms with Crippen molar-refractivity contribution in [3.63, 3.8) is 0 Å². The van der Waals surface area contributed by atoms with E-state index >= 15 is 0 Å². The van der Waals surface area contributed by atoms with Gasteiger partial charge in [-0.2, -0.15) is 0 Å². The third-order valence-electron chi connectivity index (χ3n) is 3.40. The van der Waals surface area contributed by atoms with Crippen LogP contribution in [0.2, 0.25) is 0 Å². The van der Waals surface area contributed by atoms with Gasteiger partial charge in [0, 0.05) is 12.5 Å². The number of carbonyl (C=O) groups is 1. The number of hydrogen-bond donors (Lipinski definition) is 1. The number of hydrogen-bond acceptors (Lipinski definition) is 3. The molecule has 0 saturated heterocycles. The van der Waals surface area contributed by atoms with Gasteiger partial charge in [-0.25, -0.2) is 9.97 Å². The van der Waals surface area contributed by atoms with Crippen molar-refractivity contribution in [3.05, 3.63) is 78.1 Å². The summed E-state index contributed by atoms with van der Waals surface area (Å²) >= 11 is 0. The Bertz CT molecular complexity index is 859. The van der Waals surface area contributed by atoms with Crippen LogP contribution in [-0.4, -0.2) is 15.9 Å². The SMILES string of the molecule is CC(=O)Nc1ncc(-c2ccccc2)nc1/C=C/c1ccccc1. The first-order chi connectivity index (χ1) is 11.7.